The van der Waals surface area contributed by atoms with E-state index in [0.29, 0.717) is 5.02 Å². The molecule has 1 aromatic carbocycles. The molecule has 2 rings (SSSR count). The second-order valence-corrected chi connectivity index (χ2v) is 3.92. The lowest BCUT2D eigenvalue weighted by molar-refractivity contribution is 0.809. The van der Waals surface area contributed by atoms with Crippen molar-refractivity contribution in [2.45, 2.75) is 13.0 Å². The average molecular weight is 233 g/mol. The van der Waals surface area contributed by atoms with Gasteiger partial charge in [-0.25, -0.2) is 0 Å². The summed E-state index contributed by atoms with van der Waals surface area (Å²) in [6, 6.07) is 7.39. The van der Waals surface area contributed by atoms with Crippen LogP contribution >= 0.6 is 11.6 Å². The third kappa shape index (κ3) is 2.08. The standard InChI is InChI=1S/C11H9ClN4/c1-7(15-16-13)8-2-3-11-9(4-8)5-10(12)6-14-11/h2-7H,1H3. The topological polar surface area (TPSA) is 61.7 Å². The van der Waals surface area contributed by atoms with Gasteiger partial charge in [-0.05, 0) is 29.3 Å². The minimum absolute atomic E-state index is 0.187. The van der Waals surface area contributed by atoms with Crippen LogP contribution in [0.15, 0.2) is 35.6 Å². The fourth-order valence-electron chi connectivity index (χ4n) is 1.53. The molecule has 0 fully saturated rings. The number of aromatic nitrogens is 1. The summed E-state index contributed by atoms with van der Waals surface area (Å²) in [6.45, 7) is 1.85. The van der Waals surface area contributed by atoms with Gasteiger partial charge in [-0.2, -0.15) is 0 Å². The molecule has 0 bridgehead atoms. The molecule has 2 aromatic rings. The molecule has 16 heavy (non-hydrogen) atoms. The molecule has 0 aliphatic carbocycles. The highest BCUT2D eigenvalue weighted by molar-refractivity contribution is 6.31. The summed E-state index contributed by atoms with van der Waals surface area (Å²) in [5.74, 6) is 0. The number of fused-ring (bicyclic) bond motifs is 1. The normalized spacial score (nSPS) is 12.1. The number of hydrogen-bond acceptors (Lipinski definition) is 2. The average Bonchev–Trinajstić information content (AvgIpc) is 2.28. The highest BCUT2D eigenvalue weighted by Gasteiger charge is 2.04. The van der Waals surface area contributed by atoms with Crippen molar-refractivity contribution in [3.63, 3.8) is 0 Å². The molecule has 0 N–H and O–H groups in total. The molecule has 0 radical (unpaired) electrons. The summed E-state index contributed by atoms with van der Waals surface area (Å²) in [7, 11) is 0. The van der Waals surface area contributed by atoms with Crippen molar-refractivity contribution in [3.8, 4) is 0 Å². The molecule has 1 unspecified atom stereocenters. The smallest absolute Gasteiger partial charge is 0.0703 e. The molecule has 1 heterocycles. The Bertz CT molecular complexity index is 575. The van der Waals surface area contributed by atoms with Gasteiger partial charge in [-0.3, -0.25) is 4.98 Å². The lowest BCUT2D eigenvalue weighted by Gasteiger charge is -2.06. The monoisotopic (exact) mass is 232 g/mol. The van der Waals surface area contributed by atoms with Crippen molar-refractivity contribution < 1.29 is 0 Å². The number of azide groups is 1. The van der Waals surface area contributed by atoms with E-state index in [0.717, 1.165) is 16.5 Å². The van der Waals surface area contributed by atoms with Gasteiger partial charge in [-0.15, -0.1) is 0 Å². The van der Waals surface area contributed by atoms with Crippen molar-refractivity contribution in [1.29, 1.82) is 0 Å². The molecule has 0 amide bonds. The lowest BCUT2D eigenvalue weighted by Crippen LogP contribution is -1.89. The number of hydrogen-bond donors (Lipinski definition) is 0. The number of halogens is 1. The Morgan fingerprint density at radius 3 is 3.00 bits per heavy atom. The maximum atomic E-state index is 8.38. The third-order valence-electron chi connectivity index (χ3n) is 2.38. The van der Waals surface area contributed by atoms with E-state index in [9.17, 15) is 0 Å². The summed E-state index contributed by atoms with van der Waals surface area (Å²) in [5, 5.41) is 5.20. The van der Waals surface area contributed by atoms with Crippen LogP contribution < -0.4 is 0 Å². The molecule has 5 heteroatoms. The van der Waals surface area contributed by atoms with E-state index in [1.165, 1.54) is 0 Å². The zero-order valence-electron chi connectivity index (χ0n) is 8.63. The van der Waals surface area contributed by atoms with Gasteiger partial charge in [-0.1, -0.05) is 29.7 Å². The van der Waals surface area contributed by atoms with Crippen LogP contribution in [-0.2, 0) is 0 Å². The van der Waals surface area contributed by atoms with Crippen molar-refractivity contribution in [2.24, 2.45) is 5.11 Å². The number of rotatable bonds is 2. The maximum absolute atomic E-state index is 8.38. The molecular weight excluding hydrogens is 224 g/mol. The van der Waals surface area contributed by atoms with Crippen LogP contribution in [0.1, 0.15) is 18.5 Å². The molecule has 4 nitrogen and oxygen atoms in total. The van der Waals surface area contributed by atoms with E-state index in [1.54, 1.807) is 6.20 Å². The van der Waals surface area contributed by atoms with Crippen molar-refractivity contribution >= 4 is 22.5 Å². The molecule has 0 saturated carbocycles. The summed E-state index contributed by atoms with van der Waals surface area (Å²) in [4.78, 5) is 6.98. The minimum Gasteiger partial charge on any atom is -0.255 e. The van der Waals surface area contributed by atoms with E-state index < -0.39 is 0 Å². The summed E-state index contributed by atoms with van der Waals surface area (Å²) < 4.78 is 0. The third-order valence-corrected chi connectivity index (χ3v) is 2.59. The van der Waals surface area contributed by atoms with E-state index in [2.05, 4.69) is 15.0 Å². The molecule has 0 aliphatic heterocycles. The lowest BCUT2D eigenvalue weighted by atomic mass is 10.1. The van der Waals surface area contributed by atoms with Gasteiger partial charge >= 0.3 is 0 Å². The van der Waals surface area contributed by atoms with Crippen molar-refractivity contribution in [3.05, 3.63) is 51.5 Å². The predicted octanol–water partition coefficient (Wildman–Crippen LogP) is 4.26. The molecule has 80 valence electrons. The van der Waals surface area contributed by atoms with Gasteiger partial charge < -0.3 is 0 Å². The van der Waals surface area contributed by atoms with E-state index in [-0.39, 0.29) is 6.04 Å². The second-order valence-electron chi connectivity index (χ2n) is 3.49. The highest BCUT2D eigenvalue weighted by Crippen LogP contribution is 2.23. The summed E-state index contributed by atoms with van der Waals surface area (Å²) >= 11 is 5.87. The minimum atomic E-state index is -0.187. The maximum Gasteiger partial charge on any atom is 0.0703 e. The molecule has 0 aliphatic rings. The SMILES string of the molecule is CC(N=[N+]=[N-])c1ccc2ncc(Cl)cc2c1. The Labute approximate surface area is 97.5 Å². The fraction of sp³-hybridized carbons (Fsp3) is 0.182. The van der Waals surface area contributed by atoms with Gasteiger partial charge in [0.25, 0.3) is 0 Å². The van der Waals surface area contributed by atoms with Gasteiger partial charge in [0, 0.05) is 16.5 Å². The quantitative estimate of drug-likeness (QED) is 0.433. The van der Waals surface area contributed by atoms with Crippen LogP contribution in [0.5, 0.6) is 0 Å². The second kappa shape index (κ2) is 4.39. The molecule has 0 saturated heterocycles. The first-order valence-corrected chi connectivity index (χ1v) is 5.18. The van der Waals surface area contributed by atoms with Crippen LogP contribution in [0.4, 0.5) is 0 Å². The fourth-order valence-corrected chi connectivity index (χ4v) is 1.69. The van der Waals surface area contributed by atoms with Crippen LogP contribution in [0, 0.1) is 0 Å². The number of benzene rings is 1. The first-order valence-electron chi connectivity index (χ1n) is 4.80. The van der Waals surface area contributed by atoms with Crippen molar-refractivity contribution in [1.82, 2.24) is 4.98 Å². The Morgan fingerprint density at radius 1 is 1.44 bits per heavy atom. The van der Waals surface area contributed by atoms with E-state index in [4.69, 9.17) is 17.1 Å². The van der Waals surface area contributed by atoms with Crippen LogP contribution in [0.25, 0.3) is 21.3 Å². The molecule has 1 atom stereocenters. The van der Waals surface area contributed by atoms with Gasteiger partial charge in [0.15, 0.2) is 0 Å². The van der Waals surface area contributed by atoms with Gasteiger partial charge in [0.05, 0.1) is 16.6 Å². The van der Waals surface area contributed by atoms with Crippen LogP contribution in [0.3, 0.4) is 0 Å². The first kappa shape index (κ1) is 10.7. The Kier molecular flexibility index (Phi) is 2.95. The summed E-state index contributed by atoms with van der Waals surface area (Å²) in [6.07, 6.45) is 1.61. The predicted molar refractivity (Wildman–Crippen MR) is 64.3 cm³/mol. The van der Waals surface area contributed by atoms with Crippen LogP contribution in [0.2, 0.25) is 5.02 Å². The number of nitrogens with zero attached hydrogens (tertiary/aromatic N) is 4. The van der Waals surface area contributed by atoms with E-state index >= 15 is 0 Å². The Hall–Kier alpha value is -1.77. The molecular formula is C11H9ClN4. The molecule has 1 aromatic heterocycles. The Balaban J connectivity index is 2.54. The van der Waals surface area contributed by atoms with Gasteiger partial charge in [0.2, 0.25) is 0 Å². The summed E-state index contributed by atoms with van der Waals surface area (Å²) in [5.41, 5.74) is 10.2. The van der Waals surface area contributed by atoms with E-state index in [1.807, 2.05) is 31.2 Å². The largest absolute Gasteiger partial charge is 0.255 e. The highest BCUT2D eigenvalue weighted by atomic mass is 35.5. The zero-order valence-corrected chi connectivity index (χ0v) is 9.39. The van der Waals surface area contributed by atoms with Gasteiger partial charge in [0.1, 0.15) is 0 Å². The molecule has 0 spiro atoms. The zero-order chi connectivity index (χ0) is 11.5. The van der Waals surface area contributed by atoms with Crippen molar-refractivity contribution in [2.75, 3.05) is 0 Å². The first-order chi connectivity index (χ1) is 7.70. The number of pyridine rings is 1. The Morgan fingerprint density at radius 2 is 2.25 bits per heavy atom. The van der Waals surface area contributed by atoms with Crippen LogP contribution in [-0.4, -0.2) is 4.98 Å².